The van der Waals surface area contributed by atoms with Crippen LogP contribution < -0.4 is 4.72 Å². The molecular formula is C17H26N2O3S. The van der Waals surface area contributed by atoms with Gasteiger partial charge in [-0.25, -0.2) is 8.42 Å². The van der Waals surface area contributed by atoms with Crippen molar-refractivity contribution in [2.75, 3.05) is 13.1 Å². The number of rotatable bonds is 6. The van der Waals surface area contributed by atoms with Gasteiger partial charge in [0.05, 0.1) is 4.90 Å². The van der Waals surface area contributed by atoms with E-state index in [-0.39, 0.29) is 16.7 Å². The van der Waals surface area contributed by atoms with Crippen LogP contribution in [0.5, 0.6) is 0 Å². The molecule has 0 radical (unpaired) electrons. The van der Waals surface area contributed by atoms with E-state index in [4.69, 9.17) is 0 Å². The summed E-state index contributed by atoms with van der Waals surface area (Å²) in [6.07, 6.45) is 2.48. The summed E-state index contributed by atoms with van der Waals surface area (Å²) in [6, 6.07) is 5.97. The van der Waals surface area contributed by atoms with Gasteiger partial charge in [-0.3, -0.25) is 4.79 Å². The molecular weight excluding hydrogens is 312 g/mol. The number of amides is 1. The van der Waals surface area contributed by atoms with Gasteiger partial charge in [0.25, 0.3) is 0 Å². The Bertz CT molecular complexity index is 632. The third-order valence-corrected chi connectivity index (χ3v) is 5.54. The highest BCUT2D eigenvalue weighted by Crippen LogP contribution is 2.17. The summed E-state index contributed by atoms with van der Waals surface area (Å²) < 4.78 is 27.8. The van der Waals surface area contributed by atoms with E-state index in [0.29, 0.717) is 6.42 Å². The van der Waals surface area contributed by atoms with Crippen LogP contribution in [0.1, 0.15) is 38.7 Å². The monoisotopic (exact) mass is 338 g/mol. The summed E-state index contributed by atoms with van der Waals surface area (Å²) in [5, 5.41) is 0. The zero-order chi connectivity index (χ0) is 17.0. The van der Waals surface area contributed by atoms with Crippen molar-refractivity contribution in [1.29, 1.82) is 0 Å². The summed E-state index contributed by atoms with van der Waals surface area (Å²) in [5.74, 6) is 0.124. The zero-order valence-electron chi connectivity index (χ0n) is 14.1. The Morgan fingerprint density at radius 3 is 2.26 bits per heavy atom. The average Bonchev–Trinajstić information content (AvgIpc) is 2.99. The molecule has 5 nitrogen and oxygen atoms in total. The maximum absolute atomic E-state index is 12.6. The molecule has 2 rings (SSSR count). The van der Waals surface area contributed by atoms with Crippen LogP contribution in [0.25, 0.3) is 0 Å². The van der Waals surface area contributed by atoms with Gasteiger partial charge in [0, 0.05) is 13.1 Å². The standard InChI is InChI=1S/C17H26N2O3S/c1-13(2)12-16(17(20)19-10-4-5-11-19)18-23(21,22)15-8-6-14(3)7-9-15/h6-9,13,16,18H,4-5,10-12H2,1-3H3/t16-/m0/s1. The van der Waals surface area contributed by atoms with Crippen molar-refractivity contribution in [2.24, 2.45) is 5.92 Å². The number of hydrogen-bond acceptors (Lipinski definition) is 3. The number of sulfonamides is 1. The van der Waals surface area contributed by atoms with E-state index in [1.54, 1.807) is 29.2 Å². The van der Waals surface area contributed by atoms with Crippen LogP contribution in [0, 0.1) is 12.8 Å². The summed E-state index contributed by atoms with van der Waals surface area (Å²) in [4.78, 5) is 14.6. The van der Waals surface area contributed by atoms with Gasteiger partial charge in [0.15, 0.2) is 0 Å². The highest BCUT2D eigenvalue weighted by atomic mass is 32.2. The second kappa shape index (κ2) is 7.45. The molecule has 1 amide bonds. The normalized spacial score (nSPS) is 16.8. The van der Waals surface area contributed by atoms with E-state index in [0.717, 1.165) is 31.5 Å². The van der Waals surface area contributed by atoms with E-state index < -0.39 is 16.1 Å². The third-order valence-electron chi connectivity index (χ3n) is 4.05. The predicted octanol–water partition coefficient (Wildman–Crippen LogP) is 2.31. The van der Waals surface area contributed by atoms with Crippen molar-refractivity contribution in [2.45, 2.75) is 51.0 Å². The van der Waals surface area contributed by atoms with E-state index in [1.807, 2.05) is 20.8 Å². The first-order valence-electron chi connectivity index (χ1n) is 8.17. The smallest absolute Gasteiger partial charge is 0.241 e. The van der Waals surface area contributed by atoms with Crippen LogP contribution in [0.4, 0.5) is 0 Å². The van der Waals surface area contributed by atoms with Crippen LogP contribution >= 0.6 is 0 Å². The van der Waals surface area contributed by atoms with Crippen molar-refractivity contribution in [3.63, 3.8) is 0 Å². The summed E-state index contributed by atoms with van der Waals surface area (Å²) in [5.41, 5.74) is 0.996. The predicted molar refractivity (Wildman–Crippen MR) is 90.6 cm³/mol. The minimum absolute atomic E-state index is 0.105. The first-order chi connectivity index (χ1) is 10.8. The lowest BCUT2D eigenvalue weighted by atomic mass is 10.0. The molecule has 23 heavy (non-hydrogen) atoms. The second-order valence-corrected chi connectivity index (χ2v) is 8.36. The Morgan fingerprint density at radius 2 is 1.74 bits per heavy atom. The molecule has 1 aromatic rings. The van der Waals surface area contributed by atoms with Crippen LogP contribution in [-0.2, 0) is 14.8 Å². The third kappa shape index (κ3) is 4.78. The highest BCUT2D eigenvalue weighted by molar-refractivity contribution is 7.89. The minimum atomic E-state index is -3.69. The van der Waals surface area contributed by atoms with Gasteiger partial charge in [-0.1, -0.05) is 31.5 Å². The van der Waals surface area contributed by atoms with Gasteiger partial charge >= 0.3 is 0 Å². The first kappa shape index (κ1) is 17.9. The number of aryl methyl sites for hydroxylation is 1. The number of hydrogen-bond donors (Lipinski definition) is 1. The molecule has 0 aliphatic carbocycles. The summed E-state index contributed by atoms with van der Waals surface area (Å²) in [6.45, 7) is 7.33. The molecule has 1 aliphatic heterocycles. The molecule has 1 heterocycles. The Hall–Kier alpha value is -1.40. The number of nitrogens with zero attached hydrogens (tertiary/aromatic N) is 1. The van der Waals surface area contributed by atoms with Crippen molar-refractivity contribution in [3.05, 3.63) is 29.8 Å². The quantitative estimate of drug-likeness (QED) is 0.865. The molecule has 1 N–H and O–H groups in total. The lowest BCUT2D eigenvalue weighted by Crippen LogP contribution is -2.48. The fourth-order valence-corrected chi connectivity index (χ4v) is 4.00. The van der Waals surface area contributed by atoms with Gasteiger partial charge < -0.3 is 4.90 Å². The van der Waals surface area contributed by atoms with Gasteiger partial charge in [0.2, 0.25) is 15.9 Å². The van der Waals surface area contributed by atoms with Gasteiger partial charge in [-0.15, -0.1) is 0 Å². The van der Waals surface area contributed by atoms with Crippen LogP contribution in [0.15, 0.2) is 29.2 Å². The molecule has 0 saturated carbocycles. The molecule has 0 unspecified atom stereocenters. The van der Waals surface area contributed by atoms with E-state index in [9.17, 15) is 13.2 Å². The Labute approximate surface area is 139 Å². The number of nitrogens with one attached hydrogen (secondary N) is 1. The fourth-order valence-electron chi connectivity index (χ4n) is 2.80. The Kier molecular flexibility index (Phi) is 5.81. The largest absolute Gasteiger partial charge is 0.341 e. The SMILES string of the molecule is Cc1ccc(S(=O)(=O)N[C@@H](CC(C)C)C(=O)N2CCCC2)cc1. The maximum atomic E-state index is 12.6. The number of carbonyl (C=O) groups is 1. The lowest BCUT2D eigenvalue weighted by molar-refractivity contribution is -0.132. The lowest BCUT2D eigenvalue weighted by Gasteiger charge is -2.25. The molecule has 1 fully saturated rings. The number of benzene rings is 1. The number of likely N-dealkylation sites (tertiary alicyclic amines) is 1. The minimum Gasteiger partial charge on any atom is -0.341 e. The molecule has 1 saturated heterocycles. The van der Waals surface area contributed by atoms with Gasteiger partial charge in [-0.2, -0.15) is 4.72 Å². The first-order valence-corrected chi connectivity index (χ1v) is 9.65. The van der Waals surface area contributed by atoms with E-state index >= 15 is 0 Å². The Balaban J connectivity index is 2.18. The maximum Gasteiger partial charge on any atom is 0.241 e. The van der Waals surface area contributed by atoms with Crippen molar-refractivity contribution in [3.8, 4) is 0 Å². The molecule has 1 aliphatic rings. The van der Waals surface area contributed by atoms with Gasteiger partial charge in [-0.05, 0) is 44.2 Å². The molecule has 6 heteroatoms. The van der Waals surface area contributed by atoms with Crippen LogP contribution in [0.2, 0.25) is 0 Å². The molecule has 1 aromatic carbocycles. The fraction of sp³-hybridized carbons (Fsp3) is 0.588. The van der Waals surface area contributed by atoms with Gasteiger partial charge in [0.1, 0.15) is 6.04 Å². The zero-order valence-corrected chi connectivity index (χ0v) is 14.9. The molecule has 0 spiro atoms. The summed E-state index contributed by atoms with van der Waals surface area (Å²) >= 11 is 0. The molecule has 0 aromatic heterocycles. The Morgan fingerprint density at radius 1 is 1.17 bits per heavy atom. The highest BCUT2D eigenvalue weighted by Gasteiger charge is 2.30. The topological polar surface area (TPSA) is 66.5 Å². The average molecular weight is 338 g/mol. The molecule has 1 atom stereocenters. The molecule has 0 bridgehead atoms. The van der Waals surface area contributed by atoms with E-state index in [2.05, 4.69) is 4.72 Å². The molecule has 128 valence electrons. The van der Waals surface area contributed by atoms with Crippen molar-refractivity contribution >= 4 is 15.9 Å². The summed E-state index contributed by atoms with van der Waals surface area (Å²) in [7, 11) is -3.69. The number of carbonyl (C=O) groups excluding carboxylic acids is 1. The van der Waals surface area contributed by atoms with Crippen molar-refractivity contribution < 1.29 is 13.2 Å². The van der Waals surface area contributed by atoms with Crippen molar-refractivity contribution in [1.82, 2.24) is 9.62 Å². The van der Waals surface area contributed by atoms with Crippen LogP contribution in [0.3, 0.4) is 0 Å². The second-order valence-electron chi connectivity index (χ2n) is 6.65. The van der Waals surface area contributed by atoms with Crippen LogP contribution in [-0.4, -0.2) is 38.4 Å². The van der Waals surface area contributed by atoms with E-state index in [1.165, 1.54) is 0 Å².